The number of carbonyl (C=O) groups excluding carboxylic acids is 4. The molecule has 1 aromatic heterocycles. The van der Waals surface area contributed by atoms with Gasteiger partial charge >= 0.3 is 11.9 Å². The highest BCUT2D eigenvalue weighted by molar-refractivity contribution is 8.00. The van der Waals surface area contributed by atoms with Crippen molar-refractivity contribution >= 4 is 57.7 Å². The smallest absolute Gasteiger partial charge is 0.355 e. The highest BCUT2D eigenvalue weighted by Crippen LogP contribution is 2.37. The summed E-state index contributed by atoms with van der Waals surface area (Å²) in [5.74, 6) is -2.31. The molecule has 12 nitrogen and oxygen atoms in total. The first-order valence-corrected chi connectivity index (χ1v) is 11.6. The van der Waals surface area contributed by atoms with Gasteiger partial charge in [-0.05, 0) is 26.8 Å². The molecule has 0 aromatic carbocycles. The summed E-state index contributed by atoms with van der Waals surface area (Å²) in [6, 6.07) is -0.900. The van der Waals surface area contributed by atoms with Crippen molar-refractivity contribution in [3.8, 4) is 0 Å². The summed E-state index contributed by atoms with van der Waals surface area (Å²) in [5.41, 5.74) is 4.98. The zero-order valence-corrected chi connectivity index (χ0v) is 19.9. The molecule has 0 spiro atoms. The molecule has 3 rings (SSSR count). The molecule has 0 bridgehead atoms. The van der Waals surface area contributed by atoms with Gasteiger partial charge < -0.3 is 25.4 Å². The van der Waals surface area contributed by atoms with Crippen LogP contribution >= 0.6 is 23.1 Å². The molecule has 0 unspecified atom stereocenters. The Morgan fingerprint density at radius 3 is 2.70 bits per heavy atom. The fourth-order valence-corrected chi connectivity index (χ4v) is 4.74. The second-order valence-corrected chi connectivity index (χ2v) is 9.87. The third-order valence-electron chi connectivity index (χ3n) is 4.25. The number of thiazole rings is 1. The monoisotopic (exact) mass is 497 g/mol. The van der Waals surface area contributed by atoms with Gasteiger partial charge in [-0.2, -0.15) is 0 Å². The molecule has 3 N–H and O–H groups in total. The number of nitrogens with two attached hydrogens (primary N) is 1. The summed E-state index contributed by atoms with van der Waals surface area (Å²) >= 11 is 2.48. The SMILES string of the molecule is CO/N=C(\C(=O)N[C@@H]1C(=O)N2C(C(=O)OCC(=O)OC(C)(C)C)=CCS[C@H]12)c1csc(N)n1. The number of anilines is 1. The van der Waals surface area contributed by atoms with E-state index in [1.165, 1.54) is 29.8 Å². The number of β-lactam (4-membered cyclic amide) rings is 1. The molecule has 1 saturated heterocycles. The lowest BCUT2D eigenvalue weighted by Gasteiger charge is -2.48. The number of nitrogens with zero attached hydrogens (tertiary/aromatic N) is 3. The van der Waals surface area contributed by atoms with Gasteiger partial charge in [0.05, 0.1) is 0 Å². The van der Waals surface area contributed by atoms with E-state index in [2.05, 4.69) is 15.5 Å². The summed E-state index contributed by atoms with van der Waals surface area (Å²) in [5, 5.41) is 7.55. The Labute approximate surface area is 197 Å². The number of oxime groups is 1. The molecule has 1 fully saturated rings. The van der Waals surface area contributed by atoms with Crippen molar-refractivity contribution < 1.29 is 33.5 Å². The van der Waals surface area contributed by atoms with Crippen molar-refractivity contribution in [2.24, 2.45) is 5.16 Å². The van der Waals surface area contributed by atoms with Gasteiger partial charge in [0.1, 0.15) is 35.5 Å². The van der Waals surface area contributed by atoms with Crippen LogP contribution in [0.1, 0.15) is 26.5 Å². The predicted octanol–water partition coefficient (Wildman–Crippen LogP) is 0.245. The zero-order valence-electron chi connectivity index (χ0n) is 18.3. The third-order valence-corrected chi connectivity index (χ3v) is 6.10. The van der Waals surface area contributed by atoms with Gasteiger partial charge in [0.15, 0.2) is 17.5 Å². The Morgan fingerprint density at radius 2 is 2.09 bits per heavy atom. The third kappa shape index (κ3) is 5.63. The number of nitrogen functional groups attached to an aromatic ring is 1. The fourth-order valence-electron chi connectivity index (χ4n) is 3.00. The van der Waals surface area contributed by atoms with Gasteiger partial charge in [0.25, 0.3) is 11.8 Å². The molecule has 0 saturated carbocycles. The molecule has 2 atom stereocenters. The quantitative estimate of drug-likeness (QED) is 0.231. The standard InChI is InChI=1S/C19H23N5O7S2/c1-19(2,3)31-11(25)7-30-17(28)10-5-6-32-16-13(15(27)24(10)16)22-14(26)12(23-29-4)9-8-33-18(20)21-9/h5,8,13,16H,6-7H2,1-4H3,(H2,20,21)(H,22,26)/b23-12-/t13-,16-/m1/s1. The minimum atomic E-state index is -0.900. The van der Waals surface area contributed by atoms with Gasteiger partial charge in [-0.1, -0.05) is 5.16 Å². The van der Waals surface area contributed by atoms with Crippen LogP contribution in [0.3, 0.4) is 0 Å². The van der Waals surface area contributed by atoms with E-state index in [1.807, 2.05) is 0 Å². The van der Waals surface area contributed by atoms with E-state index in [0.29, 0.717) is 5.75 Å². The molecule has 2 aliphatic rings. The average Bonchev–Trinajstić information content (AvgIpc) is 3.17. The van der Waals surface area contributed by atoms with Gasteiger partial charge in [-0.15, -0.1) is 23.1 Å². The lowest BCUT2D eigenvalue weighted by atomic mass is 10.0. The molecule has 0 radical (unpaired) electrons. The van der Waals surface area contributed by atoms with Crippen molar-refractivity contribution in [1.29, 1.82) is 0 Å². The van der Waals surface area contributed by atoms with Crippen LogP contribution in [-0.4, -0.2) is 75.8 Å². The number of carbonyl (C=O) groups is 4. The Kier molecular flexibility index (Phi) is 7.27. The van der Waals surface area contributed by atoms with E-state index in [1.54, 1.807) is 26.2 Å². The number of hydrogen-bond donors (Lipinski definition) is 2. The molecule has 1 aromatic rings. The fraction of sp³-hybridized carbons (Fsp3) is 0.474. The summed E-state index contributed by atoms with van der Waals surface area (Å²) < 4.78 is 10.1. The first-order valence-electron chi connectivity index (χ1n) is 9.69. The van der Waals surface area contributed by atoms with Crippen LogP contribution in [0.4, 0.5) is 5.13 Å². The highest BCUT2D eigenvalue weighted by Gasteiger charge is 2.53. The van der Waals surface area contributed by atoms with E-state index in [-0.39, 0.29) is 22.2 Å². The van der Waals surface area contributed by atoms with E-state index >= 15 is 0 Å². The molecule has 2 aliphatic heterocycles. The summed E-state index contributed by atoms with van der Waals surface area (Å²) in [4.78, 5) is 59.7. The van der Waals surface area contributed by atoms with Crippen molar-refractivity contribution in [2.75, 3.05) is 25.2 Å². The number of amides is 2. The normalized spacial score (nSPS) is 20.2. The van der Waals surface area contributed by atoms with Crippen LogP contribution in [-0.2, 0) is 33.5 Å². The molecule has 33 heavy (non-hydrogen) atoms. The molecule has 14 heteroatoms. The van der Waals surface area contributed by atoms with Crippen molar-refractivity contribution in [3.05, 3.63) is 22.8 Å². The van der Waals surface area contributed by atoms with Gasteiger partial charge in [-0.25, -0.2) is 14.6 Å². The lowest BCUT2D eigenvalue weighted by Crippen LogP contribution is -2.70. The number of hydrogen-bond acceptors (Lipinski definition) is 12. The second kappa shape index (κ2) is 9.79. The Balaban J connectivity index is 1.63. The number of fused-ring (bicyclic) bond motifs is 1. The Morgan fingerprint density at radius 1 is 1.36 bits per heavy atom. The van der Waals surface area contributed by atoms with Gasteiger partial charge in [0.2, 0.25) is 0 Å². The first-order chi connectivity index (χ1) is 15.5. The number of ether oxygens (including phenoxy) is 2. The maximum absolute atomic E-state index is 12.7. The number of nitrogens with one attached hydrogen (secondary N) is 1. The summed E-state index contributed by atoms with van der Waals surface area (Å²) in [6.45, 7) is 4.49. The minimum Gasteiger partial charge on any atom is -0.457 e. The van der Waals surface area contributed by atoms with E-state index in [9.17, 15) is 19.2 Å². The Hall–Kier alpha value is -3.13. The maximum Gasteiger partial charge on any atom is 0.355 e. The minimum absolute atomic E-state index is 0.0101. The van der Waals surface area contributed by atoms with Crippen LogP contribution in [0.25, 0.3) is 0 Å². The Bertz CT molecular complexity index is 1030. The predicted molar refractivity (Wildman–Crippen MR) is 120 cm³/mol. The van der Waals surface area contributed by atoms with Crippen LogP contribution in [0, 0.1) is 0 Å². The van der Waals surface area contributed by atoms with Crippen LogP contribution in [0.5, 0.6) is 0 Å². The lowest BCUT2D eigenvalue weighted by molar-refractivity contribution is -0.166. The largest absolute Gasteiger partial charge is 0.457 e. The van der Waals surface area contributed by atoms with Gasteiger partial charge in [-0.3, -0.25) is 14.5 Å². The number of aromatic nitrogens is 1. The van der Waals surface area contributed by atoms with Crippen molar-refractivity contribution in [3.63, 3.8) is 0 Å². The summed E-state index contributed by atoms with van der Waals surface area (Å²) in [6.07, 6.45) is 1.53. The topological polar surface area (TPSA) is 163 Å². The zero-order chi connectivity index (χ0) is 24.3. The molecule has 178 valence electrons. The first kappa shape index (κ1) is 24.5. The van der Waals surface area contributed by atoms with E-state index in [4.69, 9.17) is 20.0 Å². The van der Waals surface area contributed by atoms with Crippen molar-refractivity contribution in [1.82, 2.24) is 15.2 Å². The summed E-state index contributed by atoms with van der Waals surface area (Å²) in [7, 11) is 1.27. The van der Waals surface area contributed by atoms with Crippen LogP contribution in [0.2, 0.25) is 0 Å². The van der Waals surface area contributed by atoms with Crippen molar-refractivity contribution in [2.45, 2.75) is 37.8 Å². The average molecular weight is 498 g/mol. The molecular formula is C19H23N5O7S2. The molecule has 3 heterocycles. The van der Waals surface area contributed by atoms with Crippen LogP contribution < -0.4 is 11.1 Å². The number of rotatable bonds is 7. The van der Waals surface area contributed by atoms with Gasteiger partial charge in [0, 0.05) is 11.1 Å². The number of thioether (sulfide) groups is 1. The molecular weight excluding hydrogens is 474 g/mol. The van der Waals surface area contributed by atoms with E-state index < -0.39 is 47.4 Å². The molecule has 2 amide bonds. The number of esters is 2. The maximum atomic E-state index is 12.7. The van der Waals surface area contributed by atoms with E-state index in [0.717, 1.165) is 11.3 Å². The highest BCUT2D eigenvalue weighted by atomic mass is 32.2. The van der Waals surface area contributed by atoms with Crippen LogP contribution in [0.15, 0.2) is 22.3 Å². The second-order valence-electron chi connectivity index (χ2n) is 7.83. The molecule has 0 aliphatic carbocycles.